The number of amides is 1. The summed E-state index contributed by atoms with van der Waals surface area (Å²) in [5.74, 6) is -0.132. The zero-order chi connectivity index (χ0) is 18.5. The Balaban J connectivity index is 1.44. The molecule has 9 heteroatoms. The van der Waals surface area contributed by atoms with Gasteiger partial charge in [-0.1, -0.05) is 30.3 Å². The Labute approximate surface area is 156 Å². The van der Waals surface area contributed by atoms with Crippen LogP contribution in [0.2, 0.25) is 0 Å². The molecule has 0 bridgehead atoms. The van der Waals surface area contributed by atoms with Crippen molar-refractivity contribution >= 4 is 5.91 Å². The number of carbonyl (C=O) groups excluding carboxylic acids is 1. The maximum atomic E-state index is 12.8. The molecule has 4 rings (SSSR count). The van der Waals surface area contributed by atoms with Gasteiger partial charge in [0.1, 0.15) is 12.4 Å². The summed E-state index contributed by atoms with van der Waals surface area (Å²) >= 11 is 0. The first kappa shape index (κ1) is 17.3. The van der Waals surface area contributed by atoms with E-state index in [1.54, 1.807) is 0 Å². The van der Waals surface area contributed by atoms with Crippen molar-refractivity contribution in [2.24, 2.45) is 0 Å². The summed E-state index contributed by atoms with van der Waals surface area (Å²) in [5, 5.41) is 22.2. The highest BCUT2D eigenvalue weighted by molar-refractivity contribution is 5.80. The average Bonchev–Trinajstić information content (AvgIpc) is 3.31. The molecule has 0 spiro atoms. The van der Waals surface area contributed by atoms with Crippen molar-refractivity contribution in [2.45, 2.75) is 38.5 Å². The predicted molar refractivity (Wildman–Crippen MR) is 97.4 cm³/mol. The molecule has 1 aromatic carbocycles. The number of fused-ring (bicyclic) bond motifs is 1. The zero-order valence-corrected chi connectivity index (χ0v) is 15.0. The molecule has 1 aliphatic heterocycles. The molecule has 27 heavy (non-hydrogen) atoms. The molecular formula is C18H22N8O. The lowest BCUT2D eigenvalue weighted by Gasteiger charge is -2.16. The molecule has 2 aromatic heterocycles. The number of rotatable bonds is 6. The number of nitrogens with one attached hydrogen (secondary N) is 2. The largest absolute Gasteiger partial charge is 0.349 e. The van der Waals surface area contributed by atoms with Crippen LogP contribution in [0.5, 0.6) is 0 Å². The number of hydrogen-bond donors (Lipinski definition) is 2. The third kappa shape index (κ3) is 4.20. The van der Waals surface area contributed by atoms with E-state index in [1.165, 1.54) is 11.0 Å². The van der Waals surface area contributed by atoms with Gasteiger partial charge in [-0.25, -0.2) is 4.68 Å². The minimum absolute atomic E-state index is 0.132. The van der Waals surface area contributed by atoms with Gasteiger partial charge in [0, 0.05) is 19.5 Å². The van der Waals surface area contributed by atoms with Gasteiger partial charge in [-0.2, -0.15) is 5.10 Å². The normalized spacial score (nSPS) is 15.0. The fourth-order valence-corrected chi connectivity index (χ4v) is 3.26. The van der Waals surface area contributed by atoms with Crippen LogP contribution in [0.4, 0.5) is 0 Å². The first-order chi connectivity index (χ1) is 13.3. The molecule has 0 saturated heterocycles. The first-order valence-corrected chi connectivity index (χ1v) is 9.10. The van der Waals surface area contributed by atoms with Crippen molar-refractivity contribution in [1.29, 1.82) is 0 Å². The number of carbonyl (C=O) groups is 1. The summed E-state index contributed by atoms with van der Waals surface area (Å²) in [6.07, 6.45) is 3.04. The monoisotopic (exact) mass is 366 g/mol. The molecule has 0 radical (unpaired) electrons. The smallest absolute Gasteiger partial charge is 0.245 e. The molecule has 140 valence electrons. The molecule has 1 atom stereocenters. The fourth-order valence-electron chi connectivity index (χ4n) is 3.26. The number of aryl methyl sites for hydroxylation is 1. The van der Waals surface area contributed by atoms with E-state index >= 15 is 0 Å². The third-order valence-electron chi connectivity index (χ3n) is 4.65. The van der Waals surface area contributed by atoms with Gasteiger partial charge >= 0.3 is 0 Å². The Morgan fingerprint density at radius 1 is 1.30 bits per heavy atom. The Morgan fingerprint density at radius 3 is 3.00 bits per heavy atom. The van der Waals surface area contributed by atoms with Crippen molar-refractivity contribution in [1.82, 2.24) is 40.6 Å². The Bertz CT molecular complexity index is 851. The number of hydrogen-bond acceptors (Lipinski definition) is 6. The third-order valence-corrected chi connectivity index (χ3v) is 4.65. The van der Waals surface area contributed by atoms with Crippen LogP contribution in [0.3, 0.4) is 0 Å². The second-order valence-corrected chi connectivity index (χ2v) is 6.59. The van der Waals surface area contributed by atoms with Crippen LogP contribution >= 0.6 is 0 Å². The molecule has 2 N–H and O–H groups in total. The van der Waals surface area contributed by atoms with Gasteiger partial charge < -0.3 is 10.6 Å². The van der Waals surface area contributed by atoms with E-state index in [4.69, 9.17) is 0 Å². The van der Waals surface area contributed by atoms with E-state index in [2.05, 4.69) is 31.3 Å². The summed E-state index contributed by atoms with van der Waals surface area (Å²) in [5.41, 5.74) is 3.06. The van der Waals surface area contributed by atoms with Gasteiger partial charge in [-0.15, -0.1) is 5.10 Å². The van der Waals surface area contributed by atoms with Crippen molar-refractivity contribution in [3.05, 3.63) is 59.7 Å². The second-order valence-electron chi connectivity index (χ2n) is 6.59. The SMILES string of the molecule is O=C(NCc1cc2n(n1)CCCNC2)[C@@H](Cc1ccccc1)n1cnnn1. The van der Waals surface area contributed by atoms with Gasteiger partial charge in [0.25, 0.3) is 0 Å². The lowest BCUT2D eigenvalue weighted by Crippen LogP contribution is -2.34. The Kier molecular flexibility index (Phi) is 5.20. The van der Waals surface area contributed by atoms with Crippen LogP contribution in [0, 0.1) is 0 Å². The van der Waals surface area contributed by atoms with E-state index in [9.17, 15) is 4.79 Å². The van der Waals surface area contributed by atoms with Crippen molar-refractivity contribution in [3.63, 3.8) is 0 Å². The van der Waals surface area contributed by atoms with Gasteiger partial charge in [-0.05, 0) is 35.0 Å². The number of tetrazole rings is 1. The molecule has 3 aromatic rings. The predicted octanol–water partition coefficient (Wildman–Crippen LogP) is 0.463. The topological polar surface area (TPSA) is 103 Å². The molecule has 0 unspecified atom stereocenters. The molecule has 1 aliphatic rings. The van der Waals surface area contributed by atoms with Crippen LogP contribution in [0.1, 0.15) is 29.4 Å². The molecule has 1 amide bonds. The molecule has 9 nitrogen and oxygen atoms in total. The quantitative estimate of drug-likeness (QED) is 0.657. The maximum absolute atomic E-state index is 12.8. The van der Waals surface area contributed by atoms with E-state index in [0.29, 0.717) is 13.0 Å². The van der Waals surface area contributed by atoms with Crippen molar-refractivity contribution in [2.75, 3.05) is 6.54 Å². The van der Waals surface area contributed by atoms with Crippen LogP contribution in [-0.4, -0.2) is 42.4 Å². The summed E-state index contributed by atoms with van der Waals surface area (Å²) < 4.78 is 3.51. The van der Waals surface area contributed by atoms with Gasteiger partial charge in [0.15, 0.2) is 0 Å². The molecule has 3 heterocycles. The van der Waals surface area contributed by atoms with Crippen molar-refractivity contribution < 1.29 is 4.79 Å². The highest BCUT2D eigenvalue weighted by atomic mass is 16.2. The highest BCUT2D eigenvalue weighted by Crippen LogP contribution is 2.14. The first-order valence-electron chi connectivity index (χ1n) is 9.10. The summed E-state index contributed by atoms with van der Waals surface area (Å²) in [6, 6.07) is 11.4. The number of aromatic nitrogens is 6. The zero-order valence-electron chi connectivity index (χ0n) is 15.0. The second kappa shape index (κ2) is 8.09. The Hall–Kier alpha value is -3.07. The van der Waals surface area contributed by atoms with Crippen molar-refractivity contribution in [3.8, 4) is 0 Å². The molecular weight excluding hydrogens is 344 g/mol. The van der Waals surface area contributed by atoms with Crippen LogP contribution < -0.4 is 10.6 Å². The lowest BCUT2D eigenvalue weighted by molar-refractivity contribution is -0.124. The van der Waals surface area contributed by atoms with E-state index in [-0.39, 0.29) is 5.91 Å². The minimum atomic E-state index is -0.510. The van der Waals surface area contributed by atoms with Gasteiger partial charge in [0.2, 0.25) is 5.91 Å². The molecule has 0 fully saturated rings. The lowest BCUT2D eigenvalue weighted by atomic mass is 10.1. The van der Waals surface area contributed by atoms with E-state index < -0.39 is 6.04 Å². The molecule has 0 aliphatic carbocycles. The Morgan fingerprint density at radius 2 is 2.19 bits per heavy atom. The van der Waals surface area contributed by atoms with E-state index in [0.717, 1.165) is 43.0 Å². The minimum Gasteiger partial charge on any atom is -0.349 e. The van der Waals surface area contributed by atoms with E-state index in [1.807, 2.05) is 41.1 Å². The number of nitrogens with zero attached hydrogens (tertiary/aromatic N) is 6. The van der Waals surface area contributed by atoms with Crippen LogP contribution in [-0.2, 0) is 30.8 Å². The highest BCUT2D eigenvalue weighted by Gasteiger charge is 2.22. The van der Waals surface area contributed by atoms with Crippen LogP contribution in [0.15, 0.2) is 42.7 Å². The summed E-state index contributed by atoms with van der Waals surface area (Å²) in [4.78, 5) is 12.8. The summed E-state index contributed by atoms with van der Waals surface area (Å²) in [6.45, 7) is 3.09. The van der Waals surface area contributed by atoms with Gasteiger partial charge in [-0.3, -0.25) is 9.48 Å². The summed E-state index contributed by atoms with van der Waals surface area (Å²) in [7, 11) is 0. The van der Waals surface area contributed by atoms with Crippen LogP contribution in [0.25, 0.3) is 0 Å². The molecule has 0 saturated carbocycles. The number of benzene rings is 1. The van der Waals surface area contributed by atoms with Gasteiger partial charge in [0.05, 0.1) is 17.9 Å². The standard InChI is InChI=1S/C18H22N8O/c27-18(20-11-15-10-16-12-19-7-4-8-25(16)22-15)17(26-13-21-23-24-26)9-14-5-2-1-3-6-14/h1-3,5-6,10,13,17,19H,4,7-9,11-12H2,(H,20,27)/t17-/m1/s1. The fraction of sp³-hybridized carbons (Fsp3) is 0.389. The average molecular weight is 366 g/mol. The maximum Gasteiger partial charge on any atom is 0.245 e.